The summed E-state index contributed by atoms with van der Waals surface area (Å²) in [5, 5.41) is 14.8. The van der Waals surface area contributed by atoms with Gasteiger partial charge in [0.2, 0.25) is 0 Å². The van der Waals surface area contributed by atoms with Crippen molar-refractivity contribution < 1.29 is 24.3 Å². The molecule has 1 unspecified atom stereocenters. The summed E-state index contributed by atoms with van der Waals surface area (Å²) in [6.07, 6.45) is -0.524. The van der Waals surface area contributed by atoms with Crippen LogP contribution in [0.15, 0.2) is 48.5 Å². The molecule has 8 nitrogen and oxygen atoms in total. The van der Waals surface area contributed by atoms with Crippen LogP contribution < -0.4 is 10.6 Å². The van der Waals surface area contributed by atoms with Crippen LogP contribution in [0.3, 0.4) is 0 Å². The Morgan fingerprint density at radius 2 is 1.55 bits per heavy atom. The van der Waals surface area contributed by atoms with Gasteiger partial charge in [0.25, 0.3) is 11.8 Å². The maximum Gasteiger partial charge on any atom is 0.412 e. The van der Waals surface area contributed by atoms with Gasteiger partial charge in [-0.25, -0.2) is 9.86 Å². The third-order valence-electron chi connectivity index (χ3n) is 4.37. The summed E-state index contributed by atoms with van der Waals surface area (Å²) < 4.78 is 5.20. The molecule has 1 fully saturated rings. The number of rotatable bonds is 3. The Labute approximate surface area is 191 Å². The number of carbonyl (C=O) groups is 3. The van der Waals surface area contributed by atoms with E-state index in [-0.39, 0.29) is 6.54 Å². The molecule has 3 amide bonds. The standard InChI is InChI=1S/C25H23N3O5/c1-25(2,3)33-24(31)26-20-14-10-18(11-15-20)7-5-4-6-17-8-12-19(13-9-17)22(29)27-21-16-28(32)23(21)30/h8-15,21,32H,16H2,1-3H3,(H,26,31)(H,27,29). The number of hydroxylamine groups is 2. The van der Waals surface area contributed by atoms with Crippen LogP contribution in [0.2, 0.25) is 0 Å². The molecule has 1 aliphatic heterocycles. The lowest BCUT2D eigenvalue weighted by Crippen LogP contribution is -2.62. The van der Waals surface area contributed by atoms with E-state index in [1.165, 1.54) is 0 Å². The zero-order chi connectivity index (χ0) is 24.0. The van der Waals surface area contributed by atoms with Gasteiger partial charge >= 0.3 is 6.09 Å². The van der Waals surface area contributed by atoms with Crippen molar-refractivity contribution >= 4 is 23.6 Å². The number of nitrogens with one attached hydrogen (secondary N) is 2. The first kappa shape index (κ1) is 23.4. The van der Waals surface area contributed by atoms with Crippen molar-refractivity contribution in [2.24, 2.45) is 0 Å². The van der Waals surface area contributed by atoms with E-state index in [9.17, 15) is 14.4 Å². The molecule has 3 rings (SSSR count). The van der Waals surface area contributed by atoms with Gasteiger partial charge in [0.15, 0.2) is 0 Å². The molecule has 2 aromatic rings. The van der Waals surface area contributed by atoms with E-state index in [2.05, 4.69) is 34.3 Å². The molecule has 1 saturated heterocycles. The van der Waals surface area contributed by atoms with Gasteiger partial charge in [-0.15, -0.1) is 0 Å². The van der Waals surface area contributed by atoms with E-state index in [1.54, 1.807) is 69.3 Å². The number of β-lactam (4-membered cyclic amide) rings is 1. The lowest BCUT2D eigenvalue weighted by Gasteiger charge is -2.33. The fraction of sp³-hybridized carbons (Fsp3) is 0.240. The predicted octanol–water partition coefficient (Wildman–Crippen LogP) is 2.77. The number of ether oxygens (including phenoxy) is 1. The molecule has 8 heteroatoms. The molecule has 0 radical (unpaired) electrons. The van der Waals surface area contributed by atoms with Crippen LogP contribution >= 0.6 is 0 Å². The number of benzene rings is 2. The van der Waals surface area contributed by atoms with E-state index in [0.29, 0.717) is 21.9 Å². The first-order chi connectivity index (χ1) is 15.6. The summed E-state index contributed by atoms with van der Waals surface area (Å²) in [6.45, 7) is 5.46. The van der Waals surface area contributed by atoms with E-state index >= 15 is 0 Å². The predicted molar refractivity (Wildman–Crippen MR) is 121 cm³/mol. The Bertz CT molecular complexity index is 1170. The lowest BCUT2D eigenvalue weighted by molar-refractivity contribution is -0.189. The van der Waals surface area contributed by atoms with Crippen LogP contribution in [0, 0.1) is 23.7 Å². The zero-order valence-corrected chi connectivity index (χ0v) is 18.4. The highest BCUT2D eigenvalue weighted by molar-refractivity contribution is 5.99. The van der Waals surface area contributed by atoms with Crippen LogP contribution in [-0.2, 0) is 9.53 Å². The Morgan fingerprint density at radius 3 is 2.03 bits per heavy atom. The average Bonchev–Trinajstić information content (AvgIpc) is 2.76. The molecule has 0 aromatic heterocycles. The quantitative estimate of drug-likeness (QED) is 0.383. The van der Waals surface area contributed by atoms with E-state index in [1.807, 2.05) is 0 Å². The third-order valence-corrected chi connectivity index (χ3v) is 4.37. The number of hydrogen-bond acceptors (Lipinski definition) is 5. The fourth-order valence-electron chi connectivity index (χ4n) is 2.73. The van der Waals surface area contributed by atoms with Crippen LogP contribution in [-0.4, -0.2) is 46.4 Å². The number of amides is 3. The van der Waals surface area contributed by atoms with Gasteiger partial charge in [-0.3, -0.25) is 20.1 Å². The second-order valence-electron chi connectivity index (χ2n) is 8.23. The molecule has 0 saturated carbocycles. The summed E-state index contributed by atoms with van der Waals surface area (Å²) >= 11 is 0. The van der Waals surface area contributed by atoms with Crippen LogP contribution in [0.1, 0.15) is 42.3 Å². The summed E-state index contributed by atoms with van der Waals surface area (Å²) in [4.78, 5) is 35.2. The summed E-state index contributed by atoms with van der Waals surface area (Å²) in [6, 6.07) is 12.8. The molecule has 2 aromatic carbocycles. The van der Waals surface area contributed by atoms with Gasteiger partial charge in [0, 0.05) is 22.4 Å². The molecule has 168 valence electrons. The number of nitrogens with zero attached hydrogens (tertiary/aromatic N) is 1. The number of hydrogen-bond donors (Lipinski definition) is 3. The van der Waals surface area contributed by atoms with Gasteiger partial charge < -0.3 is 10.1 Å². The number of carbonyl (C=O) groups excluding carboxylic acids is 3. The topological polar surface area (TPSA) is 108 Å². The Kier molecular flexibility index (Phi) is 7.02. The minimum absolute atomic E-state index is 0.0791. The van der Waals surface area contributed by atoms with Crippen LogP contribution in [0.25, 0.3) is 0 Å². The van der Waals surface area contributed by atoms with Crippen molar-refractivity contribution in [3.05, 3.63) is 65.2 Å². The molecule has 0 aliphatic carbocycles. The third kappa shape index (κ3) is 6.86. The summed E-state index contributed by atoms with van der Waals surface area (Å²) in [5.41, 5.74) is 1.83. The molecule has 3 N–H and O–H groups in total. The van der Waals surface area contributed by atoms with Crippen molar-refractivity contribution in [1.82, 2.24) is 10.4 Å². The molecular weight excluding hydrogens is 422 g/mol. The van der Waals surface area contributed by atoms with Gasteiger partial charge in [0.05, 0.1) is 6.54 Å². The zero-order valence-electron chi connectivity index (χ0n) is 18.4. The van der Waals surface area contributed by atoms with E-state index in [4.69, 9.17) is 9.94 Å². The first-order valence-electron chi connectivity index (χ1n) is 10.1. The lowest BCUT2D eigenvalue weighted by atomic mass is 10.1. The minimum atomic E-state index is -0.695. The maximum atomic E-state index is 12.1. The molecule has 1 atom stereocenters. The molecule has 33 heavy (non-hydrogen) atoms. The second kappa shape index (κ2) is 9.90. The van der Waals surface area contributed by atoms with E-state index < -0.39 is 29.6 Å². The van der Waals surface area contributed by atoms with E-state index in [0.717, 1.165) is 5.56 Å². The summed E-state index contributed by atoms with van der Waals surface area (Å²) in [7, 11) is 0. The number of anilines is 1. The second-order valence-corrected chi connectivity index (χ2v) is 8.23. The molecule has 1 aliphatic rings. The maximum absolute atomic E-state index is 12.1. The van der Waals surface area contributed by atoms with Crippen LogP contribution in [0.4, 0.5) is 10.5 Å². The summed E-state index contributed by atoms with van der Waals surface area (Å²) in [5.74, 6) is 10.4. The van der Waals surface area contributed by atoms with Crippen molar-refractivity contribution in [3.8, 4) is 23.7 Å². The van der Waals surface area contributed by atoms with Crippen molar-refractivity contribution in [3.63, 3.8) is 0 Å². The van der Waals surface area contributed by atoms with Crippen molar-refractivity contribution in [2.45, 2.75) is 32.4 Å². The van der Waals surface area contributed by atoms with Gasteiger partial charge in [-0.05, 0) is 81.1 Å². The monoisotopic (exact) mass is 445 g/mol. The van der Waals surface area contributed by atoms with Crippen molar-refractivity contribution in [2.75, 3.05) is 11.9 Å². The van der Waals surface area contributed by atoms with Crippen molar-refractivity contribution in [1.29, 1.82) is 0 Å². The average molecular weight is 445 g/mol. The highest BCUT2D eigenvalue weighted by Gasteiger charge is 2.37. The molecule has 1 heterocycles. The largest absolute Gasteiger partial charge is 0.444 e. The van der Waals surface area contributed by atoms with Gasteiger partial charge in [-0.2, -0.15) is 0 Å². The molecule has 0 spiro atoms. The minimum Gasteiger partial charge on any atom is -0.444 e. The molecule has 0 bridgehead atoms. The normalized spacial score (nSPS) is 14.6. The fourth-order valence-corrected chi connectivity index (χ4v) is 2.73. The van der Waals surface area contributed by atoms with Gasteiger partial charge in [0.1, 0.15) is 11.6 Å². The SMILES string of the molecule is CC(C)(C)OC(=O)Nc1ccc(C#CC#Cc2ccc(C(=O)NC3CN(O)C3=O)cc2)cc1. The van der Waals surface area contributed by atoms with Crippen LogP contribution in [0.5, 0.6) is 0 Å². The molecular formula is C25H23N3O5. The Hall–Kier alpha value is -4.27. The Morgan fingerprint density at radius 1 is 1.00 bits per heavy atom. The smallest absolute Gasteiger partial charge is 0.412 e. The highest BCUT2D eigenvalue weighted by atomic mass is 16.6. The Balaban J connectivity index is 1.52. The highest BCUT2D eigenvalue weighted by Crippen LogP contribution is 2.13. The first-order valence-corrected chi connectivity index (χ1v) is 10.1. The van der Waals surface area contributed by atoms with Gasteiger partial charge in [-0.1, -0.05) is 11.8 Å².